The first kappa shape index (κ1) is 37.4. The second kappa shape index (κ2) is 18.9. The number of esters is 1. The van der Waals surface area contributed by atoms with Crippen molar-refractivity contribution in [1.82, 2.24) is 19.9 Å². The van der Waals surface area contributed by atoms with Crippen molar-refractivity contribution in [2.75, 3.05) is 24.4 Å². The van der Waals surface area contributed by atoms with Crippen LogP contribution in [0, 0.1) is 5.82 Å². The van der Waals surface area contributed by atoms with Crippen LogP contribution in [0.3, 0.4) is 0 Å². The first-order valence-electron chi connectivity index (χ1n) is 14.2. The highest BCUT2D eigenvalue weighted by Crippen LogP contribution is 2.31. The third-order valence-electron chi connectivity index (χ3n) is 5.92. The van der Waals surface area contributed by atoms with Crippen molar-refractivity contribution >= 4 is 41.1 Å². The lowest BCUT2D eigenvalue weighted by Gasteiger charge is -2.42. The third-order valence-corrected chi connectivity index (χ3v) is 6.20. The Morgan fingerprint density at radius 1 is 1.12 bits per heavy atom. The van der Waals surface area contributed by atoms with Crippen LogP contribution in [0.2, 0.25) is 5.15 Å². The highest BCUT2D eigenvalue weighted by Gasteiger charge is 2.39. The Morgan fingerprint density at radius 2 is 1.77 bits per heavy atom. The molecule has 2 amide bonds. The van der Waals surface area contributed by atoms with E-state index in [-0.39, 0.29) is 48.3 Å². The Bertz CT molecular complexity index is 1180. The summed E-state index contributed by atoms with van der Waals surface area (Å²) in [6.45, 7) is 11.2. The SMILES string of the molecule is CC.CCOC(=O)CC1CCCC(CC(=O)Nc2c(Cl)ncnc2NCc2ncccc2F)N1C(=O)OC(C)(C)C.CO. The first-order chi connectivity index (χ1) is 20.5. The lowest BCUT2D eigenvalue weighted by molar-refractivity contribution is -0.145. The van der Waals surface area contributed by atoms with Gasteiger partial charge in [-0.1, -0.05) is 25.4 Å². The summed E-state index contributed by atoms with van der Waals surface area (Å²) in [6.07, 6.45) is 3.81. The van der Waals surface area contributed by atoms with Gasteiger partial charge >= 0.3 is 12.1 Å². The summed E-state index contributed by atoms with van der Waals surface area (Å²) >= 11 is 6.26. The minimum Gasteiger partial charge on any atom is -0.466 e. The summed E-state index contributed by atoms with van der Waals surface area (Å²) < 4.78 is 24.7. The number of nitrogens with zero attached hydrogens (tertiary/aromatic N) is 4. The lowest BCUT2D eigenvalue weighted by atomic mass is 9.92. The number of carbonyl (C=O) groups is 3. The van der Waals surface area contributed by atoms with Crippen LogP contribution in [0.15, 0.2) is 24.7 Å². The molecule has 0 spiro atoms. The maximum atomic E-state index is 14.0. The number of piperidine rings is 1. The predicted octanol–water partition coefficient (Wildman–Crippen LogP) is 5.35. The average Bonchev–Trinajstić information content (AvgIpc) is 2.95. The van der Waals surface area contributed by atoms with Crippen molar-refractivity contribution in [3.63, 3.8) is 0 Å². The number of pyridine rings is 1. The van der Waals surface area contributed by atoms with Gasteiger partial charge in [0.05, 0.1) is 25.3 Å². The number of ether oxygens (including phenoxy) is 2. The zero-order valence-electron chi connectivity index (χ0n) is 25.9. The summed E-state index contributed by atoms with van der Waals surface area (Å²) in [6, 6.07) is 1.76. The quantitative estimate of drug-likeness (QED) is 0.245. The molecule has 3 heterocycles. The number of aliphatic hydroxyl groups excluding tert-OH is 1. The van der Waals surface area contributed by atoms with Crippen molar-refractivity contribution in [3.05, 3.63) is 41.3 Å². The molecule has 43 heavy (non-hydrogen) atoms. The van der Waals surface area contributed by atoms with E-state index in [0.717, 1.165) is 7.11 Å². The number of halogens is 2. The van der Waals surface area contributed by atoms with Gasteiger partial charge in [-0.25, -0.2) is 19.2 Å². The van der Waals surface area contributed by atoms with Crippen LogP contribution in [-0.4, -0.2) is 74.3 Å². The summed E-state index contributed by atoms with van der Waals surface area (Å²) in [5, 5.41) is 12.6. The van der Waals surface area contributed by atoms with E-state index in [1.165, 1.54) is 29.6 Å². The van der Waals surface area contributed by atoms with Crippen LogP contribution < -0.4 is 10.6 Å². The number of anilines is 2. The molecule has 2 aromatic heterocycles. The smallest absolute Gasteiger partial charge is 0.410 e. The van der Waals surface area contributed by atoms with Crippen molar-refractivity contribution in [2.24, 2.45) is 0 Å². The number of carbonyl (C=O) groups excluding carboxylic acids is 3. The number of amides is 2. The lowest BCUT2D eigenvalue weighted by Crippen LogP contribution is -2.53. The molecule has 0 bridgehead atoms. The molecule has 1 saturated heterocycles. The van der Waals surface area contributed by atoms with Gasteiger partial charge in [-0.05, 0) is 59.1 Å². The molecule has 2 aromatic rings. The molecule has 1 aliphatic heterocycles. The molecule has 2 unspecified atom stereocenters. The molecular weight excluding hydrogens is 583 g/mol. The highest BCUT2D eigenvalue weighted by molar-refractivity contribution is 6.33. The number of hydrogen-bond donors (Lipinski definition) is 3. The van der Waals surface area contributed by atoms with Gasteiger partial charge in [0.25, 0.3) is 0 Å². The third kappa shape index (κ3) is 12.3. The molecule has 3 rings (SSSR count). The van der Waals surface area contributed by atoms with E-state index >= 15 is 0 Å². The number of hydrogen-bond acceptors (Lipinski definition) is 10. The Labute approximate surface area is 257 Å². The molecule has 240 valence electrons. The molecule has 0 aliphatic carbocycles. The number of aliphatic hydroxyl groups is 1. The normalized spacial score (nSPS) is 16.0. The van der Waals surface area contributed by atoms with Gasteiger partial charge in [-0.2, -0.15) is 0 Å². The topological polar surface area (TPSA) is 156 Å². The van der Waals surface area contributed by atoms with Gasteiger partial charge in [0.1, 0.15) is 23.4 Å². The number of rotatable bonds is 9. The van der Waals surface area contributed by atoms with Gasteiger partial charge in [-0.3, -0.25) is 14.6 Å². The average molecular weight is 627 g/mol. The van der Waals surface area contributed by atoms with Gasteiger partial charge < -0.3 is 30.1 Å². The van der Waals surface area contributed by atoms with Crippen LogP contribution in [0.4, 0.5) is 20.7 Å². The molecule has 1 fully saturated rings. The Hall–Kier alpha value is -3.58. The largest absolute Gasteiger partial charge is 0.466 e. The van der Waals surface area contributed by atoms with Gasteiger partial charge in [0, 0.05) is 31.8 Å². The fraction of sp³-hybridized carbons (Fsp3) is 0.586. The Kier molecular flexibility index (Phi) is 16.4. The van der Waals surface area contributed by atoms with Crippen LogP contribution in [0.1, 0.15) is 79.3 Å². The fourth-order valence-corrected chi connectivity index (χ4v) is 4.50. The summed E-state index contributed by atoms with van der Waals surface area (Å²) in [5.41, 5.74) is -0.492. The highest BCUT2D eigenvalue weighted by atomic mass is 35.5. The maximum Gasteiger partial charge on any atom is 0.410 e. The second-order valence-corrected chi connectivity index (χ2v) is 10.4. The van der Waals surface area contributed by atoms with Gasteiger partial charge in [0.2, 0.25) is 5.91 Å². The number of likely N-dealkylation sites (tertiary alicyclic amines) is 1. The van der Waals surface area contributed by atoms with Crippen LogP contribution in [0.5, 0.6) is 0 Å². The molecular formula is C29H44ClFN6O6. The van der Waals surface area contributed by atoms with Crippen molar-refractivity contribution in [1.29, 1.82) is 0 Å². The molecule has 1 aliphatic rings. The number of nitrogens with one attached hydrogen (secondary N) is 2. The van der Waals surface area contributed by atoms with Crippen molar-refractivity contribution in [2.45, 2.75) is 97.9 Å². The van der Waals surface area contributed by atoms with E-state index in [1.807, 2.05) is 13.8 Å². The molecule has 12 nitrogen and oxygen atoms in total. The summed E-state index contributed by atoms with van der Waals surface area (Å²) in [5.74, 6) is -1.18. The van der Waals surface area contributed by atoms with Crippen LogP contribution in [0.25, 0.3) is 0 Å². The molecule has 0 aromatic carbocycles. The van der Waals surface area contributed by atoms with Crippen molar-refractivity contribution in [3.8, 4) is 0 Å². The van der Waals surface area contributed by atoms with E-state index in [1.54, 1.807) is 27.7 Å². The maximum absolute atomic E-state index is 14.0. The molecule has 2 atom stereocenters. The van der Waals surface area contributed by atoms with Gasteiger partial charge in [0.15, 0.2) is 11.0 Å². The van der Waals surface area contributed by atoms with Crippen molar-refractivity contribution < 1.29 is 33.4 Å². The van der Waals surface area contributed by atoms with E-state index in [2.05, 4.69) is 25.6 Å². The summed E-state index contributed by atoms with van der Waals surface area (Å²) in [4.78, 5) is 52.2. The van der Waals surface area contributed by atoms with E-state index in [4.69, 9.17) is 26.2 Å². The first-order valence-corrected chi connectivity index (χ1v) is 14.6. The van der Waals surface area contributed by atoms with Gasteiger partial charge in [-0.15, -0.1) is 0 Å². The minimum atomic E-state index is -0.766. The van der Waals surface area contributed by atoms with E-state index in [9.17, 15) is 18.8 Å². The van der Waals surface area contributed by atoms with Crippen LogP contribution >= 0.6 is 11.6 Å². The molecule has 3 N–H and O–H groups in total. The fourth-order valence-electron chi connectivity index (χ4n) is 4.32. The zero-order chi connectivity index (χ0) is 32.6. The van der Waals surface area contributed by atoms with E-state index in [0.29, 0.717) is 19.3 Å². The Morgan fingerprint density at radius 3 is 2.37 bits per heavy atom. The predicted molar refractivity (Wildman–Crippen MR) is 162 cm³/mol. The molecule has 0 saturated carbocycles. The van der Waals surface area contributed by atoms with E-state index < -0.39 is 41.5 Å². The standard InChI is InChI=1S/C26H34ClFN6O5.C2H6.CH4O/c1-5-38-21(36)13-17-9-6-8-16(34(17)25(37)39-26(2,3)4)12-20(35)33-22-23(27)31-15-32-24(22)30-14-19-18(28)10-7-11-29-19;2*1-2/h7,10-11,15-17H,5-6,8-9,12-14H2,1-4H3,(H,33,35)(H,30,31,32);1-2H3;2H,1H3. The second-order valence-electron chi connectivity index (χ2n) is 10.1. The zero-order valence-corrected chi connectivity index (χ0v) is 26.7. The molecule has 14 heteroatoms. The summed E-state index contributed by atoms with van der Waals surface area (Å²) in [7, 11) is 1.00. The van der Waals surface area contributed by atoms with Crippen LogP contribution in [-0.2, 0) is 25.6 Å². The molecule has 0 radical (unpaired) electrons. The monoisotopic (exact) mass is 626 g/mol. The Balaban J connectivity index is 0.00000221. The minimum absolute atomic E-state index is 0.00169. The number of aromatic nitrogens is 3.